The molecule has 0 aliphatic carbocycles. The first-order valence-corrected chi connectivity index (χ1v) is 7.13. The van der Waals surface area contributed by atoms with E-state index in [-0.39, 0.29) is 17.2 Å². The lowest BCUT2D eigenvalue weighted by molar-refractivity contribution is -0.143. The summed E-state index contributed by atoms with van der Waals surface area (Å²) in [5, 5.41) is 18.2. The van der Waals surface area contributed by atoms with Gasteiger partial charge in [-0.05, 0) is 53.9 Å². The van der Waals surface area contributed by atoms with Crippen molar-refractivity contribution in [2.45, 2.75) is 19.3 Å². The largest absolute Gasteiger partial charge is 0.478 e. The Kier molecular flexibility index (Phi) is 4.96. The monoisotopic (exact) mass is 392 g/mol. The number of rotatable bonds is 3. The van der Waals surface area contributed by atoms with Crippen molar-refractivity contribution in [2.75, 3.05) is 0 Å². The molecule has 10 heteroatoms. The number of carboxylic acid groups (broad SMARTS) is 2. The molecule has 0 bridgehead atoms. The van der Waals surface area contributed by atoms with E-state index in [9.17, 15) is 35.9 Å². The first-order valence-electron chi connectivity index (χ1n) is 7.13. The van der Waals surface area contributed by atoms with Crippen LogP contribution in [0.2, 0.25) is 0 Å². The molecule has 0 amide bonds. The van der Waals surface area contributed by atoms with Crippen LogP contribution in [0, 0.1) is 6.92 Å². The second kappa shape index (κ2) is 6.60. The van der Waals surface area contributed by atoms with Gasteiger partial charge in [-0.25, -0.2) is 9.59 Å². The highest BCUT2D eigenvalue weighted by Gasteiger charge is 2.37. The fourth-order valence-corrected chi connectivity index (χ4v) is 2.47. The zero-order valence-corrected chi connectivity index (χ0v) is 13.4. The second-order valence-corrected chi connectivity index (χ2v) is 5.60. The molecule has 2 aromatic rings. The van der Waals surface area contributed by atoms with Crippen LogP contribution in [0.3, 0.4) is 0 Å². The van der Waals surface area contributed by atoms with Crippen LogP contribution >= 0.6 is 0 Å². The van der Waals surface area contributed by atoms with Gasteiger partial charge in [0.1, 0.15) is 0 Å². The lowest BCUT2D eigenvalue weighted by atomic mass is 9.91. The molecule has 0 aromatic heterocycles. The molecule has 0 aliphatic heterocycles. The van der Waals surface area contributed by atoms with Crippen LogP contribution in [-0.2, 0) is 12.4 Å². The molecule has 2 aromatic carbocycles. The molecule has 0 radical (unpaired) electrons. The second-order valence-electron chi connectivity index (χ2n) is 5.60. The smallest absolute Gasteiger partial charge is 0.416 e. The Bertz CT molecular complexity index is 896. The Hall–Kier alpha value is -3.04. The number of hydrogen-bond acceptors (Lipinski definition) is 2. The molecule has 144 valence electrons. The van der Waals surface area contributed by atoms with Crippen LogP contribution in [0.4, 0.5) is 26.3 Å². The van der Waals surface area contributed by atoms with Gasteiger partial charge in [0.2, 0.25) is 0 Å². The van der Waals surface area contributed by atoms with Crippen molar-refractivity contribution in [1.82, 2.24) is 0 Å². The standard InChI is InChI=1S/C17H10F6O4/c1-7-12(4-9(14(24)25)5-13(7)15(26)27)8-2-10(16(18,19)20)6-11(3-8)17(21,22)23/h2-6H,1H3,(H,24,25)(H,26,27). The van der Waals surface area contributed by atoms with Gasteiger partial charge < -0.3 is 10.2 Å². The molecule has 0 heterocycles. The number of carbonyl (C=O) groups is 2. The van der Waals surface area contributed by atoms with Crippen molar-refractivity contribution in [3.05, 3.63) is 58.1 Å². The van der Waals surface area contributed by atoms with Crippen molar-refractivity contribution >= 4 is 11.9 Å². The number of aromatic carboxylic acids is 2. The normalized spacial score (nSPS) is 12.1. The van der Waals surface area contributed by atoms with Crippen molar-refractivity contribution in [3.8, 4) is 11.1 Å². The highest BCUT2D eigenvalue weighted by molar-refractivity contribution is 5.98. The van der Waals surface area contributed by atoms with Crippen LogP contribution in [0.5, 0.6) is 0 Å². The first kappa shape index (κ1) is 20.3. The van der Waals surface area contributed by atoms with Crippen molar-refractivity contribution in [3.63, 3.8) is 0 Å². The molecule has 0 unspecified atom stereocenters. The van der Waals surface area contributed by atoms with Crippen LogP contribution in [0.25, 0.3) is 11.1 Å². The van der Waals surface area contributed by atoms with E-state index in [2.05, 4.69) is 0 Å². The van der Waals surface area contributed by atoms with Gasteiger partial charge in [-0.1, -0.05) is 0 Å². The minimum absolute atomic E-state index is 0.0714. The summed E-state index contributed by atoms with van der Waals surface area (Å²) >= 11 is 0. The number of benzene rings is 2. The van der Waals surface area contributed by atoms with Gasteiger partial charge in [-0.15, -0.1) is 0 Å². The topological polar surface area (TPSA) is 74.6 Å². The average Bonchev–Trinajstić information content (AvgIpc) is 2.52. The van der Waals surface area contributed by atoms with Crippen LogP contribution in [-0.4, -0.2) is 22.2 Å². The molecular formula is C17H10F6O4. The first-order chi connectivity index (χ1) is 12.2. The Morgan fingerprint density at radius 2 is 1.26 bits per heavy atom. The predicted octanol–water partition coefficient (Wildman–Crippen LogP) is 5.10. The van der Waals surface area contributed by atoms with E-state index in [1.165, 1.54) is 0 Å². The van der Waals surface area contributed by atoms with Gasteiger partial charge in [-0.2, -0.15) is 26.3 Å². The molecule has 2 rings (SSSR count). The molecule has 0 atom stereocenters. The molecule has 4 nitrogen and oxygen atoms in total. The summed E-state index contributed by atoms with van der Waals surface area (Å²) in [5.74, 6) is -3.15. The Labute approximate surface area is 147 Å². The van der Waals surface area contributed by atoms with E-state index in [0.29, 0.717) is 12.1 Å². The maximum absolute atomic E-state index is 13.0. The van der Waals surface area contributed by atoms with E-state index < -0.39 is 52.1 Å². The average molecular weight is 392 g/mol. The van der Waals surface area contributed by atoms with Gasteiger partial charge in [0.05, 0.1) is 22.3 Å². The summed E-state index contributed by atoms with van der Waals surface area (Å²) in [4.78, 5) is 22.4. The van der Waals surface area contributed by atoms with E-state index in [1.54, 1.807) is 0 Å². The summed E-state index contributed by atoms with van der Waals surface area (Å²) in [5.41, 5.74) is -5.44. The molecule has 0 saturated heterocycles. The van der Waals surface area contributed by atoms with E-state index in [4.69, 9.17) is 10.2 Å². The van der Waals surface area contributed by atoms with E-state index >= 15 is 0 Å². The van der Waals surface area contributed by atoms with Gasteiger partial charge in [-0.3, -0.25) is 0 Å². The zero-order chi connectivity index (χ0) is 20.7. The number of halogens is 6. The summed E-state index contributed by atoms with van der Waals surface area (Å²) in [7, 11) is 0. The highest BCUT2D eigenvalue weighted by atomic mass is 19.4. The Balaban J connectivity index is 2.88. The summed E-state index contributed by atoms with van der Waals surface area (Å²) in [6.07, 6.45) is -10.2. The third-order valence-electron chi connectivity index (χ3n) is 3.78. The third kappa shape index (κ3) is 4.21. The van der Waals surface area contributed by atoms with Crippen LogP contribution in [0.15, 0.2) is 30.3 Å². The SMILES string of the molecule is Cc1c(C(=O)O)cc(C(=O)O)cc1-c1cc(C(F)(F)F)cc(C(F)(F)F)c1. The van der Waals surface area contributed by atoms with Gasteiger partial charge in [0.15, 0.2) is 0 Å². The fourth-order valence-electron chi connectivity index (χ4n) is 2.47. The fraction of sp³-hybridized carbons (Fsp3) is 0.176. The van der Waals surface area contributed by atoms with Crippen LogP contribution in [0.1, 0.15) is 37.4 Å². The molecule has 0 aliphatic rings. The Morgan fingerprint density at radius 1 is 0.778 bits per heavy atom. The van der Waals surface area contributed by atoms with Gasteiger partial charge in [0.25, 0.3) is 0 Å². The minimum atomic E-state index is -5.09. The zero-order valence-electron chi connectivity index (χ0n) is 13.4. The lowest BCUT2D eigenvalue weighted by Gasteiger charge is -2.16. The van der Waals surface area contributed by atoms with Gasteiger partial charge in [0, 0.05) is 0 Å². The molecule has 0 spiro atoms. The summed E-state index contributed by atoms with van der Waals surface area (Å²) in [6, 6.07) is 2.36. The summed E-state index contributed by atoms with van der Waals surface area (Å²) < 4.78 is 78.1. The number of alkyl halides is 6. The van der Waals surface area contributed by atoms with Crippen LogP contribution < -0.4 is 0 Å². The lowest BCUT2D eigenvalue weighted by Crippen LogP contribution is -2.12. The van der Waals surface area contributed by atoms with Crippen molar-refractivity contribution in [1.29, 1.82) is 0 Å². The quantitative estimate of drug-likeness (QED) is 0.713. The molecule has 27 heavy (non-hydrogen) atoms. The highest BCUT2D eigenvalue weighted by Crippen LogP contribution is 2.39. The van der Waals surface area contributed by atoms with E-state index in [1.807, 2.05) is 0 Å². The number of hydrogen-bond donors (Lipinski definition) is 2. The van der Waals surface area contributed by atoms with Crippen molar-refractivity contribution < 1.29 is 46.1 Å². The minimum Gasteiger partial charge on any atom is -0.478 e. The van der Waals surface area contributed by atoms with Gasteiger partial charge >= 0.3 is 24.3 Å². The Morgan fingerprint density at radius 3 is 1.63 bits per heavy atom. The predicted molar refractivity (Wildman–Crippen MR) is 80.5 cm³/mol. The number of carboxylic acids is 2. The molecule has 0 saturated carbocycles. The molecule has 2 N–H and O–H groups in total. The van der Waals surface area contributed by atoms with E-state index in [0.717, 1.165) is 19.1 Å². The maximum Gasteiger partial charge on any atom is 0.416 e. The molecular weight excluding hydrogens is 382 g/mol. The maximum atomic E-state index is 13.0. The summed E-state index contributed by atoms with van der Waals surface area (Å²) in [6.45, 7) is 1.16. The molecule has 0 fully saturated rings. The van der Waals surface area contributed by atoms with Crippen molar-refractivity contribution in [2.24, 2.45) is 0 Å². The third-order valence-corrected chi connectivity index (χ3v) is 3.78.